The van der Waals surface area contributed by atoms with Crippen LogP contribution in [0.15, 0.2) is 30.5 Å². The third kappa shape index (κ3) is 3.93. The van der Waals surface area contributed by atoms with Gasteiger partial charge in [-0.2, -0.15) is 5.26 Å². The van der Waals surface area contributed by atoms with E-state index in [-0.39, 0.29) is 17.5 Å². The lowest BCUT2D eigenvalue weighted by molar-refractivity contribution is -0.141. The summed E-state index contributed by atoms with van der Waals surface area (Å²) in [5, 5.41) is 9.55. The van der Waals surface area contributed by atoms with Crippen LogP contribution in [0.1, 0.15) is 19.4 Å². The van der Waals surface area contributed by atoms with Gasteiger partial charge >= 0.3 is 5.97 Å². The van der Waals surface area contributed by atoms with Gasteiger partial charge in [0.1, 0.15) is 12.3 Å². The quantitative estimate of drug-likeness (QED) is 0.469. The summed E-state index contributed by atoms with van der Waals surface area (Å²) in [5.74, 6) is -0.594. The fourth-order valence-corrected chi connectivity index (χ4v) is 1.17. The number of hydrogen-bond donors (Lipinski definition) is 0. The van der Waals surface area contributed by atoms with Crippen molar-refractivity contribution < 1.29 is 9.53 Å². The second kappa shape index (κ2) is 6.07. The second-order valence-electron chi connectivity index (χ2n) is 3.74. The van der Waals surface area contributed by atoms with Crippen molar-refractivity contribution in [2.45, 2.75) is 13.8 Å². The van der Waals surface area contributed by atoms with Gasteiger partial charge in [-0.15, -0.1) is 0 Å². The van der Waals surface area contributed by atoms with Gasteiger partial charge in [0.2, 0.25) is 0 Å². The van der Waals surface area contributed by atoms with Crippen LogP contribution in [0, 0.1) is 17.2 Å². The first-order valence-electron chi connectivity index (χ1n) is 5.11. The summed E-state index contributed by atoms with van der Waals surface area (Å²) in [5.41, 5.74) is 0.948. The smallest absolute Gasteiger partial charge is 0.313 e. The molecule has 0 aliphatic heterocycles. The van der Waals surface area contributed by atoms with E-state index in [1.807, 2.05) is 6.07 Å². The highest BCUT2D eigenvalue weighted by molar-refractivity contribution is 6.30. The van der Waals surface area contributed by atoms with E-state index >= 15 is 0 Å². The Morgan fingerprint density at radius 1 is 1.41 bits per heavy atom. The van der Waals surface area contributed by atoms with Crippen LogP contribution in [-0.2, 0) is 9.53 Å². The van der Waals surface area contributed by atoms with Gasteiger partial charge in [0.25, 0.3) is 0 Å². The minimum Gasteiger partial charge on any atom is -0.433 e. The van der Waals surface area contributed by atoms with E-state index < -0.39 is 0 Å². The first-order valence-corrected chi connectivity index (χ1v) is 5.49. The predicted molar refractivity (Wildman–Crippen MR) is 66.0 cm³/mol. The van der Waals surface area contributed by atoms with Crippen LogP contribution >= 0.6 is 11.6 Å². The van der Waals surface area contributed by atoms with E-state index in [4.69, 9.17) is 21.6 Å². The number of nitrogens with zero attached hydrogens (tertiary/aromatic N) is 1. The zero-order valence-corrected chi connectivity index (χ0v) is 10.4. The van der Waals surface area contributed by atoms with E-state index in [1.54, 1.807) is 38.1 Å². The fourth-order valence-electron chi connectivity index (χ4n) is 1.04. The van der Waals surface area contributed by atoms with E-state index in [0.29, 0.717) is 10.6 Å². The molecule has 0 aromatic heterocycles. The molecule has 0 atom stereocenters. The molecule has 0 N–H and O–H groups in total. The number of rotatable bonds is 3. The highest BCUT2D eigenvalue weighted by atomic mass is 35.5. The topological polar surface area (TPSA) is 50.1 Å². The molecule has 1 aromatic carbocycles. The van der Waals surface area contributed by atoms with Crippen molar-refractivity contribution >= 4 is 23.1 Å². The maximum absolute atomic E-state index is 11.3. The second-order valence-corrected chi connectivity index (χ2v) is 4.18. The summed E-state index contributed by atoms with van der Waals surface area (Å²) in [6, 6.07) is 8.71. The molecule has 0 aliphatic rings. The maximum atomic E-state index is 11.3. The van der Waals surface area contributed by atoms with E-state index in [9.17, 15) is 4.79 Å². The van der Waals surface area contributed by atoms with Crippen LogP contribution in [0.4, 0.5) is 0 Å². The number of benzene rings is 1. The van der Waals surface area contributed by atoms with Crippen LogP contribution in [0.25, 0.3) is 5.57 Å². The zero-order chi connectivity index (χ0) is 12.8. The first kappa shape index (κ1) is 13.3. The van der Waals surface area contributed by atoms with Gasteiger partial charge in [0.05, 0.1) is 11.5 Å². The highest BCUT2D eigenvalue weighted by Crippen LogP contribution is 2.17. The lowest BCUT2D eigenvalue weighted by atomic mass is 10.1. The molecular weight excluding hydrogens is 238 g/mol. The third-order valence-corrected chi connectivity index (χ3v) is 2.29. The Bertz CT molecular complexity index is 469. The largest absolute Gasteiger partial charge is 0.433 e. The zero-order valence-electron chi connectivity index (χ0n) is 9.61. The Morgan fingerprint density at radius 2 is 2.00 bits per heavy atom. The molecule has 0 heterocycles. The van der Waals surface area contributed by atoms with Gasteiger partial charge in [-0.3, -0.25) is 4.79 Å². The maximum Gasteiger partial charge on any atom is 0.313 e. The number of carbonyl (C=O) groups is 1. The minimum absolute atomic E-state index is 0.226. The third-order valence-electron chi connectivity index (χ3n) is 2.04. The van der Waals surface area contributed by atoms with Crippen LogP contribution in [-0.4, -0.2) is 5.97 Å². The summed E-state index contributed by atoms with van der Waals surface area (Å²) in [4.78, 5) is 11.3. The lowest BCUT2D eigenvalue weighted by Crippen LogP contribution is -2.08. The van der Waals surface area contributed by atoms with Gasteiger partial charge in [0, 0.05) is 5.02 Å². The van der Waals surface area contributed by atoms with Crippen molar-refractivity contribution in [1.29, 1.82) is 5.26 Å². The summed E-state index contributed by atoms with van der Waals surface area (Å²) in [6.45, 7) is 3.45. The number of esters is 1. The number of allylic oxidation sites excluding steroid dienone is 1. The SMILES string of the molecule is CC(C)C(=O)OC=C(C#N)c1ccc(Cl)cc1. The Labute approximate surface area is 105 Å². The van der Waals surface area contributed by atoms with Crippen molar-refractivity contribution in [3.8, 4) is 6.07 Å². The molecule has 0 spiro atoms. The molecule has 17 heavy (non-hydrogen) atoms. The number of nitriles is 1. The first-order chi connectivity index (χ1) is 8.04. The molecule has 0 amide bonds. The van der Waals surface area contributed by atoms with Crippen molar-refractivity contribution in [2.75, 3.05) is 0 Å². The Kier molecular flexibility index (Phi) is 4.74. The molecule has 0 bridgehead atoms. The Balaban J connectivity index is 2.86. The summed E-state index contributed by atoms with van der Waals surface area (Å²) in [7, 11) is 0. The summed E-state index contributed by atoms with van der Waals surface area (Å²) < 4.78 is 4.88. The van der Waals surface area contributed by atoms with E-state index in [2.05, 4.69) is 0 Å². The number of hydrogen-bond acceptors (Lipinski definition) is 3. The molecule has 0 unspecified atom stereocenters. The van der Waals surface area contributed by atoms with Gasteiger partial charge in [-0.1, -0.05) is 37.6 Å². The van der Waals surface area contributed by atoms with Gasteiger partial charge in [-0.05, 0) is 17.7 Å². The molecule has 88 valence electrons. The summed E-state index contributed by atoms with van der Waals surface area (Å²) in [6.07, 6.45) is 1.17. The molecule has 0 aliphatic carbocycles. The van der Waals surface area contributed by atoms with Gasteiger partial charge in [0.15, 0.2) is 0 Å². The lowest BCUT2D eigenvalue weighted by Gasteiger charge is -2.03. The molecule has 0 fully saturated rings. The number of halogens is 1. The molecular formula is C13H12ClNO2. The monoisotopic (exact) mass is 249 g/mol. The van der Waals surface area contributed by atoms with Crippen molar-refractivity contribution in [3.05, 3.63) is 41.1 Å². The van der Waals surface area contributed by atoms with Crippen molar-refractivity contribution in [3.63, 3.8) is 0 Å². The van der Waals surface area contributed by atoms with Crippen LogP contribution < -0.4 is 0 Å². The molecule has 0 saturated heterocycles. The van der Waals surface area contributed by atoms with E-state index in [1.165, 1.54) is 6.26 Å². The van der Waals surface area contributed by atoms with Gasteiger partial charge in [-0.25, -0.2) is 0 Å². The standard InChI is InChI=1S/C13H12ClNO2/c1-9(2)13(16)17-8-11(7-15)10-3-5-12(14)6-4-10/h3-6,8-9H,1-2H3. The molecule has 4 heteroatoms. The van der Waals surface area contributed by atoms with E-state index in [0.717, 1.165) is 0 Å². The number of ether oxygens (including phenoxy) is 1. The average Bonchev–Trinajstić information content (AvgIpc) is 2.31. The molecule has 1 rings (SSSR count). The molecule has 0 radical (unpaired) electrons. The highest BCUT2D eigenvalue weighted by Gasteiger charge is 2.08. The molecule has 1 aromatic rings. The van der Waals surface area contributed by atoms with Crippen LogP contribution in [0.5, 0.6) is 0 Å². The average molecular weight is 250 g/mol. The Hall–Kier alpha value is -1.79. The normalized spacial score (nSPS) is 11.1. The predicted octanol–water partition coefficient (Wildman–Crippen LogP) is 3.40. The molecule has 0 saturated carbocycles. The fraction of sp³-hybridized carbons (Fsp3) is 0.231. The summed E-state index contributed by atoms with van der Waals surface area (Å²) >= 11 is 5.74. The van der Waals surface area contributed by atoms with Crippen molar-refractivity contribution in [1.82, 2.24) is 0 Å². The van der Waals surface area contributed by atoms with Crippen LogP contribution in [0.2, 0.25) is 5.02 Å². The number of carbonyl (C=O) groups excluding carboxylic acids is 1. The van der Waals surface area contributed by atoms with Crippen LogP contribution in [0.3, 0.4) is 0 Å². The Morgan fingerprint density at radius 3 is 2.47 bits per heavy atom. The van der Waals surface area contributed by atoms with Gasteiger partial charge < -0.3 is 4.74 Å². The molecule has 3 nitrogen and oxygen atoms in total. The minimum atomic E-state index is -0.369. The van der Waals surface area contributed by atoms with Crippen molar-refractivity contribution in [2.24, 2.45) is 5.92 Å².